The van der Waals surface area contributed by atoms with Crippen molar-refractivity contribution in [2.45, 2.75) is 45.3 Å². The number of piperidine rings is 1. The molecule has 2 amide bonds. The van der Waals surface area contributed by atoms with E-state index in [0.717, 1.165) is 18.4 Å². The molecule has 2 saturated heterocycles. The van der Waals surface area contributed by atoms with E-state index in [4.69, 9.17) is 14.0 Å². The Morgan fingerprint density at radius 2 is 1.88 bits per heavy atom. The molecule has 0 saturated carbocycles. The molecule has 4 rings (SSSR count). The second kappa shape index (κ2) is 10.6. The minimum absolute atomic E-state index is 0.0327. The fourth-order valence-electron chi connectivity index (χ4n) is 4.28. The van der Waals surface area contributed by atoms with Gasteiger partial charge in [-0.15, -0.1) is 0 Å². The first-order valence-corrected chi connectivity index (χ1v) is 11.2. The number of aryl methyl sites for hydroxylation is 1. The van der Waals surface area contributed by atoms with E-state index in [1.807, 2.05) is 30.3 Å². The Bertz CT molecular complexity index is 889. The minimum atomic E-state index is -0.339. The van der Waals surface area contributed by atoms with Crippen molar-refractivity contribution in [2.75, 3.05) is 26.3 Å². The topological polar surface area (TPSA) is 107 Å². The van der Waals surface area contributed by atoms with Gasteiger partial charge in [-0.2, -0.15) is 4.98 Å². The van der Waals surface area contributed by atoms with Crippen molar-refractivity contribution in [3.8, 4) is 0 Å². The van der Waals surface area contributed by atoms with Crippen molar-refractivity contribution in [2.24, 2.45) is 11.8 Å². The maximum atomic E-state index is 13.1. The van der Waals surface area contributed by atoms with Crippen LogP contribution >= 0.6 is 0 Å². The molecule has 1 atom stereocenters. The van der Waals surface area contributed by atoms with Gasteiger partial charge in [-0.25, -0.2) is 4.79 Å². The van der Waals surface area contributed by atoms with Gasteiger partial charge in [0.25, 0.3) is 0 Å². The molecule has 0 radical (unpaired) electrons. The van der Waals surface area contributed by atoms with E-state index in [2.05, 4.69) is 15.5 Å². The average molecular weight is 443 g/mol. The monoisotopic (exact) mass is 442 g/mol. The Morgan fingerprint density at radius 3 is 2.53 bits per heavy atom. The highest BCUT2D eigenvalue weighted by atomic mass is 16.6. The molecular weight excluding hydrogens is 412 g/mol. The highest BCUT2D eigenvalue weighted by Crippen LogP contribution is 2.30. The SMILES string of the molecule is Cc1noc([C@@H](NC(=O)C2CCN(C(=O)OCc3ccccc3)CC2)C2CCOCC2)n1. The molecule has 2 aromatic rings. The molecule has 0 bridgehead atoms. The zero-order chi connectivity index (χ0) is 22.3. The van der Waals surface area contributed by atoms with Gasteiger partial charge in [0.05, 0.1) is 0 Å². The number of hydrogen-bond acceptors (Lipinski definition) is 7. The van der Waals surface area contributed by atoms with Crippen molar-refractivity contribution >= 4 is 12.0 Å². The molecular formula is C23H30N4O5. The van der Waals surface area contributed by atoms with Crippen LogP contribution in [0.1, 0.15) is 49.0 Å². The van der Waals surface area contributed by atoms with Gasteiger partial charge in [-0.3, -0.25) is 4.79 Å². The minimum Gasteiger partial charge on any atom is -0.445 e. The van der Waals surface area contributed by atoms with Crippen molar-refractivity contribution in [3.05, 3.63) is 47.6 Å². The second-order valence-corrected chi connectivity index (χ2v) is 8.42. The number of likely N-dealkylation sites (tertiary alicyclic amines) is 1. The van der Waals surface area contributed by atoms with Gasteiger partial charge in [0.15, 0.2) is 5.82 Å². The third kappa shape index (κ3) is 5.64. The first-order valence-electron chi connectivity index (χ1n) is 11.2. The van der Waals surface area contributed by atoms with E-state index in [1.54, 1.807) is 11.8 Å². The maximum Gasteiger partial charge on any atom is 0.410 e. The predicted octanol–water partition coefficient (Wildman–Crippen LogP) is 3.01. The maximum absolute atomic E-state index is 13.1. The quantitative estimate of drug-likeness (QED) is 0.733. The smallest absolute Gasteiger partial charge is 0.410 e. The van der Waals surface area contributed by atoms with E-state index in [1.165, 1.54) is 0 Å². The molecule has 9 nitrogen and oxygen atoms in total. The number of carbonyl (C=O) groups is 2. The summed E-state index contributed by atoms with van der Waals surface area (Å²) < 4.78 is 16.3. The van der Waals surface area contributed by atoms with Crippen LogP contribution in [0.4, 0.5) is 4.79 Å². The summed E-state index contributed by atoms with van der Waals surface area (Å²) in [5, 5.41) is 7.05. The van der Waals surface area contributed by atoms with Crippen LogP contribution in [-0.4, -0.2) is 53.3 Å². The number of aromatic nitrogens is 2. The van der Waals surface area contributed by atoms with Gasteiger partial charge >= 0.3 is 6.09 Å². The number of benzene rings is 1. The molecule has 32 heavy (non-hydrogen) atoms. The summed E-state index contributed by atoms with van der Waals surface area (Å²) in [7, 11) is 0. The summed E-state index contributed by atoms with van der Waals surface area (Å²) in [4.78, 5) is 31.5. The fraction of sp³-hybridized carbons (Fsp3) is 0.565. The number of hydrogen-bond donors (Lipinski definition) is 1. The predicted molar refractivity (Wildman–Crippen MR) is 114 cm³/mol. The first kappa shape index (κ1) is 22.3. The van der Waals surface area contributed by atoms with Crippen molar-refractivity contribution < 1.29 is 23.6 Å². The molecule has 9 heteroatoms. The highest BCUT2D eigenvalue weighted by molar-refractivity contribution is 5.79. The molecule has 2 aliphatic rings. The van der Waals surface area contributed by atoms with Crippen molar-refractivity contribution in [1.82, 2.24) is 20.4 Å². The van der Waals surface area contributed by atoms with Crippen LogP contribution in [0, 0.1) is 18.8 Å². The summed E-state index contributed by atoms with van der Waals surface area (Å²) in [6, 6.07) is 9.27. The van der Waals surface area contributed by atoms with Gasteiger partial charge < -0.3 is 24.2 Å². The molecule has 0 aliphatic carbocycles. The summed E-state index contributed by atoms with van der Waals surface area (Å²) in [5.74, 6) is 0.994. The average Bonchev–Trinajstić information content (AvgIpc) is 3.28. The van der Waals surface area contributed by atoms with Crippen LogP contribution < -0.4 is 5.32 Å². The van der Waals surface area contributed by atoms with E-state index in [0.29, 0.717) is 50.9 Å². The van der Waals surface area contributed by atoms with Gasteiger partial charge in [0.2, 0.25) is 11.8 Å². The van der Waals surface area contributed by atoms with E-state index in [-0.39, 0.29) is 36.5 Å². The number of nitrogens with zero attached hydrogens (tertiary/aromatic N) is 3. The lowest BCUT2D eigenvalue weighted by molar-refractivity contribution is -0.128. The summed E-state index contributed by atoms with van der Waals surface area (Å²) in [5.41, 5.74) is 0.950. The third-order valence-electron chi connectivity index (χ3n) is 6.17. The van der Waals surface area contributed by atoms with Gasteiger partial charge in [0.1, 0.15) is 12.6 Å². The van der Waals surface area contributed by atoms with Gasteiger partial charge in [0, 0.05) is 32.2 Å². The highest BCUT2D eigenvalue weighted by Gasteiger charge is 2.34. The first-order chi connectivity index (χ1) is 15.6. The Kier molecular flexibility index (Phi) is 7.36. The lowest BCUT2D eigenvalue weighted by Gasteiger charge is -2.33. The Balaban J connectivity index is 1.29. The van der Waals surface area contributed by atoms with Crippen LogP contribution in [0.15, 0.2) is 34.9 Å². The molecule has 1 N–H and O–H groups in total. The Hall–Kier alpha value is -2.94. The Labute approximate surface area is 187 Å². The number of rotatable bonds is 6. The fourth-order valence-corrected chi connectivity index (χ4v) is 4.28. The Morgan fingerprint density at radius 1 is 1.16 bits per heavy atom. The summed E-state index contributed by atoms with van der Waals surface area (Å²) in [6.45, 7) is 4.32. The molecule has 1 aromatic carbocycles. The largest absolute Gasteiger partial charge is 0.445 e. The standard InChI is InChI=1S/C23H30N4O5/c1-16-24-22(32-26-16)20(18-9-13-30-14-10-18)25-21(28)19-7-11-27(12-8-19)23(29)31-15-17-5-3-2-4-6-17/h2-6,18-20H,7-15H2,1H3,(H,25,28)/t20-/m0/s1. The molecule has 0 spiro atoms. The molecule has 2 fully saturated rings. The van der Waals surface area contributed by atoms with E-state index in [9.17, 15) is 9.59 Å². The van der Waals surface area contributed by atoms with Gasteiger partial charge in [-0.05, 0) is 44.1 Å². The van der Waals surface area contributed by atoms with Crippen LogP contribution in [0.3, 0.4) is 0 Å². The van der Waals surface area contributed by atoms with Crippen molar-refractivity contribution in [1.29, 1.82) is 0 Å². The van der Waals surface area contributed by atoms with Crippen LogP contribution in [0.25, 0.3) is 0 Å². The van der Waals surface area contributed by atoms with E-state index >= 15 is 0 Å². The van der Waals surface area contributed by atoms with Crippen LogP contribution in [-0.2, 0) is 20.9 Å². The van der Waals surface area contributed by atoms with Gasteiger partial charge in [-0.1, -0.05) is 35.5 Å². The second-order valence-electron chi connectivity index (χ2n) is 8.42. The van der Waals surface area contributed by atoms with Crippen molar-refractivity contribution in [3.63, 3.8) is 0 Å². The lowest BCUT2D eigenvalue weighted by Crippen LogP contribution is -2.45. The third-order valence-corrected chi connectivity index (χ3v) is 6.17. The number of ether oxygens (including phenoxy) is 2. The van der Waals surface area contributed by atoms with Crippen LogP contribution in [0.2, 0.25) is 0 Å². The molecule has 3 heterocycles. The summed E-state index contributed by atoms with van der Waals surface area (Å²) in [6.07, 6.45) is 2.51. The number of amides is 2. The molecule has 172 valence electrons. The van der Waals surface area contributed by atoms with Crippen LogP contribution in [0.5, 0.6) is 0 Å². The lowest BCUT2D eigenvalue weighted by atomic mass is 9.90. The summed E-state index contributed by atoms with van der Waals surface area (Å²) >= 11 is 0. The normalized spacial score (nSPS) is 18.8. The molecule has 0 unspecified atom stereocenters. The zero-order valence-corrected chi connectivity index (χ0v) is 18.4. The number of nitrogens with one attached hydrogen (secondary N) is 1. The number of carbonyl (C=O) groups excluding carboxylic acids is 2. The van der Waals surface area contributed by atoms with E-state index < -0.39 is 0 Å². The molecule has 2 aliphatic heterocycles. The molecule has 1 aromatic heterocycles. The zero-order valence-electron chi connectivity index (χ0n) is 18.4.